The van der Waals surface area contributed by atoms with Crippen molar-refractivity contribution in [1.82, 2.24) is 4.98 Å². The Kier molecular flexibility index (Phi) is 2.84. The zero-order valence-corrected chi connectivity index (χ0v) is 6.82. The molecule has 1 rings (SSSR count). The lowest BCUT2D eigenvalue weighted by atomic mass is 10.2. The van der Waals surface area contributed by atoms with Gasteiger partial charge in [-0.2, -0.15) is 0 Å². The van der Waals surface area contributed by atoms with Gasteiger partial charge >= 0.3 is 0 Å². The van der Waals surface area contributed by atoms with E-state index in [1.54, 1.807) is 0 Å². The van der Waals surface area contributed by atoms with Crippen LogP contribution < -0.4 is 0 Å². The molecule has 2 heteroatoms. The first-order valence-corrected chi connectivity index (χ1v) is 4.23. The first-order chi connectivity index (χ1) is 4.43. The van der Waals surface area contributed by atoms with Crippen LogP contribution in [0.15, 0.2) is 18.5 Å². The SMILES string of the molecule is BrCCCc1cc[nH]c1. The molecule has 0 aliphatic heterocycles. The van der Waals surface area contributed by atoms with Crippen molar-refractivity contribution in [3.8, 4) is 0 Å². The molecular formula is C7H10BrN. The minimum absolute atomic E-state index is 1.10. The summed E-state index contributed by atoms with van der Waals surface area (Å²) in [4.78, 5) is 3.02. The predicted octanol–water partition coefficient (Wildman–Crippen LogP) is 2.34. The van der Waals surface area contributed by atoms with Gasteiger partial charge in [-0.1, -0.05) is 15.9 Å². The highest BCUT2D eigenvalue weighted by atomic mass is 79.9. The highest BCUT2D eigenvalue weighted by Crippen LogP contribution is 2.01. The van der Waals surface area contributed by atoms with Gasteiger partial charge in [-0.05, 0) is 24.5 Å². The van der Waals surface area contributed by atoms with Crippen LogP contribution in [0.25, 0.3) is 0 Å². The average Bonchev–Trinajstić information content (AvgIpc) is 2.34. The predicted molar refractivity (Wildman–Crippen MR) is 42.9 cm³/mol. The fourth-order valence-corrected chi connectivity index (χ4v) is 1.07. The van der Waals surface area contributed by atoms with Crippen LogP contribution in [0.3, 0.4) is 0 Å². The van der Waals surface area contributed by atoms with Gasteiger partial charge in [-0.15, -0.1) is 0 Å². The van der Waals surface area contributed by atoms with Crippen LogP contribution >= 0.6 is 15.9 Å². The molecule has 0 aromatic carbocycles. The van der Waals surface area contributed by atoms with Gasteiger partial charge in [0.15, 0.2) is 0 Å². The molecule has 0 amide bonds. The van der Waals surface area contributed by atoms with Crippen molar-refractivity contribution in [2.45, 2.75) is 12.8 Å². The van der Waals surface area contributed by atoms with Gasteiger partial charge in [0.1, 0.15) is 0 Å². The Morgan fingerprint density at radius 2 is 2.44 bits per heavy atom. The molecule has 0 fully saturated rings. The summed E-state index contributed by atoms with van der Waals surface area (Å²) in [7, 11) is 0. The molecular weight excluding hydrogens is 178 g/mol. The van der Waals surface area contributed by atoms with Crippen LogP contribution in [0, 0.1) is 0 Å². The number of H-pyrrole nitrogens is 1. The van der Waals surface area contributed by atoms with E-state index in [1.807, 2.05) is 12.4 Å². The Labute approximate surface area is 63.6 Å². The summed E-state index contributed by atoms with van der Waals surface area (Å²) in [5, 5.41) is 1.10. The molecule has 1 nitrogen and oxygen atoms in total. The van der Waals surface area contributed by atoms with Crippen molar-refractivity contribution in [2.24, 2.45) is 0 Å². The van der Waals surface area contributed by atoms with E-state index in [2.05, 4.69) is 27.0 Å². The summed E-state index contributed by atoms with van der Waals surface area (Å²) in [6, 6.07) is 2.11. The fraction of sp³-hybridized carbons (Fsp3) is 0.429. The molecule has 50 valence electrons. The molecule has 0 radical (unpaired) electrons. The van der Waals surface area contributed by atoms with Gasteiger partial charge in [-0.3, -0.25) is 0 Å². The summed E-state index contributed by atoms with van der Waals surface area (Å²) in [5.41, 5.74) is 1.40. The van der Waals surface area contributed by atoms with Crippen LogP contribution in [-0.2, 0) is 6.42 Å². The summed E-state index contributed by atoms with van der Waals surface area (Å²) in [6.07, 6.45) is 6.40. The van der Waals surface area contributed by atoms with E-state index in [0.717, 1.165) is 5.33 Å². The third-order valence-corrected chi connectivity index (χ3v) is 1.82. The van der Waals surface area contributed by atoms with Gasteiger partial charge < -0.3 is 4.98 Å². The van der Waals surface area contributed by atoms with E-state index in [0.29, 0.717) is 0 Å². The smallest absolute Gasteiger partial charge is 0.00373 e. The number of hydrogen-bond donors (Lipinski definition) is 1. The summed E-state index contributed by atoms with van der Waals surface area (Å²) in [6.45, 7) is 0. The van der Waals surface area contributed by atoms with Gasteiger partial charge in [0.25, 0.3) is 0 Å². The number of alkyl halides is 1. The van der Waals surface area contributed by atoms with Crippen molar-refractivity contribution in [1.29, 1.82) is 0 Å². The van der Waals surface area contributed by atoms with Gasteiger partial charge in [0.2, 0.25) is 0 Å². The molecule has 1 N–H and O–H groups in total. The highest BCUT2D eigenvalue weighted by molar-refractivity contribution is 9.09. The van der Waals surface area contributed by atoms with E-state index in [-0.39, 0.29) is 0 Å². The van der Waals surface area contributed by atoms with Crippen molar-refractivity contribution in [3.63, 3.8) is 0 Å². The van der Waals surface area contributed by atoms with Crippen molar-refractivity contribution >= 4 is 15.9 Å². The lowest BCUT2D eigenvalue weighted by molar-refractivity contribution is 0.941. The lowest BCUT2D eigenvalue weighted by Gasteiger charge is -1.89. The number of rotatable bonds is 3. The number of halogens is 1. The zero-order chi connectivity index (χ0) is 6.53. The number of aryl methyl sites for hydroxylation is 1. The van der Waals surface area contributed by atoms with Crippen LogP contribution in [0.1, 0.15) is 12.0 Å². The average molecular weight is 188 g/mol. The fourth-order valence-electron chi connectivity index (χ4n) is 0.785. The molecule has 1 aromatic rings. The molecule has 0 aliphatic rings. The maximum absolute atomic E-state index is 3.38. The van der Waals surface area contributed by atoms with Crippen LogP contribution in [0.5, 0.6) is 0 Å². The normalized spacial score (nSPS) is 9.89. The molecule has 0 unspecified atom stereocenters. The second-order valence-corrected chi connectivity index (χ2v) is 2.80. The van der Waals surface area contributed by atoms with Crippen molar-refractivity contribution in [2.75, 3.05) is 5.33 Å². The van der Waals surface area contributed by atoms with Crippen LogP contribution in [-0.4, -0.2) is 10.3 Å². The highest BCUT2D eigenvalue weighted by Gasteiger charge is 1.89. The zero-order valence-electron chi connectivity index (χ0n) is 5.23. The van der Waals surface area contributed by atoms with Gasteiger partial charge in [0.05, 0.1) is 0 Å². The summed E-state index contributed by atoms with van der Waals surface area (Å²) >= 11 is 3.38. The molecule has 0 saturated carbocycles. The minimum Gasteiger partial charge on any atom is -0.367 e. The van der Waals surface area contributed by atoms with Crippen molar-refractivity contribution < 1.29 is 0 Å². The van der Waals surface area contributed by atoms with Crippen LogP contribution in [0.4, 0.5) is 0 Å². The standard InChI is InChI=1S/C7H10BrN/c8-4-1-2-7-3-5-9-6-7/h3,5-6,9H,1-2,4H2. The van der Waals surface area contributed by atoms with Crippen LogP contribution in [0.2, 0.25) is 0 Å². The van der Waals surface area contributed by atoms with Gasteiger partial charge in [-0.25, -0.2) is 0 Å². The Morgan fingerprint density at radius 3 is 3.00 bits per heavy atom. The molecule has 9 heavy (non-hydrogen) atoms. The van der Waals surface area contributed by atoms with E-state index in [9.17, 15) is 0 Å². The minimum atomic E-state index is 1.10. The Balaban J connectivity index is 2.30. The second kappa shape index (κ2) is 3.72. The molecule has 0 saturated heterocycles. The molecule has 1 heterocycles. The topological polar surface area (TPSA) is 15.8 Å². The number of aromatic nitrogens is 1. The number of nitrogens with one attached hydrogen (secondary N) is 1. The number of aromatic amines is 1. The largest absolute Gasteiger partial charge is 0.367 e. The Hall–Kier alpha value is -0.240. The third-order valence-electron chi connectivity index (χ3n) is 1.26. The summed E-state index contributed by atoms with van der Waals surface area (Å²) < 4.78 is 0. The monoisotopic (exact) mass is 187 g/mol. The first kappa shape index (κ1) is 6.87. The van der Waals surface area contributed by atoms with E-state index < -0.39 is 0 Å². The maximum Gasteiger partial charge on any atom is 0.00373 e. The first-order valence-electron chi connectivity index (χ1n) is 3.11. The second-order valence-electron chi connectivity index (χ2n) is 2.01. The summed E-state index contributed by atoms with van der Waals surface area (Å²) in [5.74, 6) is 0. The third kappa shape index (κ3) is 2.22. The number of hydrogen-bond acceptors (Lipinski definition) is 0. The molecule has 0 atom stereocenters. The molecule has 0 bridgehead atoms. The van der Waals surface area contributed by atoms with E-state index in [1.165, 1.54) is 18.4 Å². The van der Waals surface area contributed by atoms with Crippen molar-refractivity contribution in [3.05, 3.63) is 24.0 Å². The Morgan fingerprint density at radius 1 is 1.56 bits per heavy atom. The lowest BCUT2D eigenvalue weighted by Crippen LogP contribution is -1.80. The van der Waals surface area contributed by atoms with Gasteiger partial charge in [0, 0.05) is 17.7 Å². The Bertz CT molecular complexity index is 146. The molecule has 1 aromatic heterocycles. The maximum atomic E-state index is 3.38. The quantitative estimate of drug-likeness (QED) is 0.700. The van der Waals surface area contributed by atoms with E-state index >= 15 is 0 Å². The molecule has 0 aliphatic carbocycles. The molecule has 0 spiro atoms. The van der Waals surface area contributed by atoms with E-state index in [4.69, 9.17) is 0 Å².